The molecule has 1 fully saturated rings. The van der Waals surface area contributed by atoms with Crippen molar-refractivity contribution in [1.82, 2.24) is 10.6 Å². The average molecular weight is 227 g/mol. The first-order valence-corrected chi connectivity index (χ1v) is 5.89. The van der Waals surface area contributed by atoms with Crippen LogP contribution in [0.25, 0.3) is 0 Å². The Morgan fingerprint density at radius 3 is 2.50 bits per heavy atom. The fraction of sp³-hybridized carbons (Fsp3) is 0.818. The highest BCUT2D eigenvalue weighted by molar-refractivity contribution is 5.85. The lowest BCUT2D eigenvalue weighted by molar-refractivity contribution is -0.125. The Bertz CT molecular complexity index is 250. The van der Waals surface area contributed by atoms with Crippen LogP contribution in [-0.2, 0) is 9.59 Å². The molecule has 0 aromatic rings. The van der Waals surface area contributed by atoms with Crippen molar-refractivity contribution in [2.45, 2.75) is 38.6 Å². The molecule has 0 unspecified atom stereocenters. The molecule has 4 N–H and O–H groups in total. The van der Waals surface area contributed by atoms with Crippen LogP contribution in [0.2, 0.25) is 0 Å². The minimum absolute atomic E-state index is 0.0209. The van der Waals surface area contributed by atoms with Gasteiger partial charge in [0.25, 0.3) is 0 Å². The number of nitrogens with one attached hydrogen (secondary N) is 2. The van der Waals surface area contributed by atoms with E-state index in [2.05, 4.69) is 10.6 Å². The monoisotopic (exact) mass is 227 g/mol. The SMILES string of the molecule is C[C@H](NC(=O)CNC(=O)CN)C1CCCC1. The van der Waals surface area contributed by atoms with Gasteiger partial charge in [0.15, 0.2) is 0 Å². The Balaban J connectivity index is 2.19. The Kier molecular flexibility index (Phi) is 5.25. The number of hydrogen-bond donors (Lipinski definition) is 3. The van der Waals surface area contributed by atoms with Crippen LogP contribution in [0.15, 0.2) is 0 Å². The predicted octanol–water partition coefficient (Wildman–Crippen LogP) is -0.244. The van der Waals surface area contributed by atoms with Crippen molar-refractivity contribution in [3.05, 3.63) is 0 Å². The highest BCUT2D eigenvalue weighted by atomic mass is 16.2. The molecule has 0 aromatic carbocycles. The largest absolute Gasteiger partial charge is 0.352 e. The van der Waals surface area contributed by atoms with Gasteiger partial charge in [-0.25, -0.2) is 0 Å². The van der Waals surface area contributed by atoms with E-state index in [0.717, 1.165) is 0 Å². The quantitative estimate of drug-likeness (QED) is 0.606. The molecular formula is C11H21N3O2. The zero-order chi connectivity index (χ0) is 12.0. The lowest BCUT2D eigenvalue weighted by Gasteiger charge is -2.20. The van der Waals surface area contributed by atoms with E-state index in [-0.39, 0.29) is 30.9 Å². The second-order valence-corrected chi connectivity index (χ2v) is 4.38. The van der Waals surface area contributed by atoms with Crippen molar-refractivity contribution < 1.29 is 9.59 Å². The van der Waals surface area contributed by atoms with Crippen LogP contribution < -0.4 is 16.4 Å². The van der Waals surface area contributed by atoms with Crippen molar-refractivity contribution in [2.24, 2.45) is 11.7 Å². The summed E-state index contributed by atoms with van der Waals surface area (Å²) >= 11 is 0. The summed E-state index contributed by atoms with van der Waals surface area (Å²) in [5.41, 5.74) is 5.12. The van der Waals surface area contributed by atoms with Gasteiger partial charge in [-0.1, -0.05) is 12.8 Å². The number of rotatable bonds is 5. The molecule has 0 spiro atoms. The molecule has 0 heterocycles. The Morgan fingerprint density at radius 2 is 1.94 bits per heavy atom. The first kappa shape index (κ1) is 13.0. The third kappa shape index (κ3) is 4.18. The fourth-order valence-electron chi connectivity index (χ4n) is 2.13. The number of amides is 2. The molecule has 2 amide bonds. The number of nitrogens with two attached hydrogens (primary N) is 1. The van der Waals surface area contributed by atoms with Crippen LogP contribution in [0, 0.1) is 5.92 Å². The summed E-state index contributed by atoms with van der Waals surface area (Å²) in [5, 5.41) is 5.36. The summed E-state index contributed by atoms with van der Waals surface area (Å²) in [7, 11) is 0. The number of carbonyl (C=O) groups is 2. The fourth-order valence-corrected chi connectivity index (χ4v) is 2.13. The summed E-state index contributed by atoms with van der Waals surface area (Å²) in [5.74, 6) is 0.152. The lowest BCUT2D eigenvalue weighted by atomic mass is 10.00. The molecule has 0 aliphatic heterocycles. The van der Waals surface area contributed by atoms with Crippen LogP contribution in [0.5, 0.6) is 0 Å². The number of carbonyl (C=O) groups excluding carboxylic acids is 2. The third-order valence-electron chi connectivity index (χ3n) is 3.13. The lowest BCUT2D eigenvalue weighted by Crippen LogP contribution is -2.44. The molecule has 1 aliphatic rings. The van der Waals surface area contributed by atoms with E-state index in [1.165, 1.54) is 25.7 Å². The van der Waals surface area contributed by atoms with Gasteiger partial charge in [-0.2, -0.15) is 0 Å². The molecule has 0 radical (unpaired) electrons. The molecule has 0 aromatic heterocycles. The Labute approximate surface area is 96.1 Å². The Hall–Kier alpha value is -1.10. The maximum Gasteiger partial charge on any atom is 0.239 e. The van der Waals surface area contributed by atoms with E-state index in [4.69, 9.17) is 5.73 Å². The molecular weight excluding hydrogens is 206 g/mol. The molecule has 5 nitrogen and oxygen atoms in total. The van der Waals surface area contributed by atoms with Gasteiger partial charge in [0.1, 0.15) is 0 Å². The van der Waals surface area contributed by atoms with Gasteiger partial charge < -0.3 is 16.4 Å². The van der Waals surface area contributed by atoms with Gasteiger partial charge in [0.05, 0.1) is 13.1 Å². The summed E-state index contributed by atoms with van der Waals surface area (Å²) in [6.07, 6.45) is 4.90. The van der Waals surface area contributed by atoms with Crippen LogP contribution in [0.3, 0.4) is 0 Å². The van der Waals surface area contributed by atoms with Crippen molar-refractivity contribution in [3.8, 4) is 0 Å². The maximum atomic E-state index is 11.5. The highest BCUT2D eigenvalue weighted by Crippen LogP contribution is 2.27. The van der Waals surface area contributed by atoms with Gasteiger partial charge in [-0.05, 0) is 25.7 Å². The third-order valence-corrected chi connectivity index (χ3v) is 3.13. The second kappa shape index (κ2) is 6.48. The predicted molar refractivity (Wildman–Crippen MR) is 61.6 cm³/mol. The van der Waals surface area contributed by atoms with Crippen LogP contribution >= 0.6 is 0 Å². The Morgan fingerprint density at radius 1 is 1.31 bits per heavy atom. The molecule has 1 atom stereocenters. The molecule has 1 aliphatic carbocycles. The molecule has 5 heteroatoms. The topological polar surface area (TPSA) is 84.2 Å². The van der Waals surface area contributed by atoms with Crippen LogP contribution in [-0.4, -0.2) is 30.9 Å². The minimum atomic E-state index is -0.302. The smallest absolute Gasteiger partial charge is 0.239 e. The van der Waals surface area contributed by atoms with E-state index in [9.17, 15) is 9.59 Å². The van der Waals surface area contributed by atoms with E-state index >= 15 is 0 Å². The molecule has 0 saturated heterocycles. The molecule has 92 valence electrons. The van der Waals surface area contributed by atoms with Crippen molar-refractivity contribution >= 4 is 11.8 Å². The van der Waals surface area contributed by atoms with E-state index in [0.29, 0.717) is 5.92 Å². The summed E-state index contributed by atoms with van der Waals surface area (Å²) in [6, 6.07) is 0.199. The van der Waals surface area contributed by atoms with Gasteiger partial charge >= 0.3 is 0 Å². The minimum Gasteiger partial charge on any atom is -0.352 e. The average Bonchev–Trinajstić information content (AvgIpc) is 2.79. The van der Waals surface area contributed by atoms with Crippen molar-refractivity contribution in [2.75, 3.05) is 13.1 Å². The summed E-state index contributed by atoms with van der Waals surface area (Å²) in [6.45, 7) is 1.97. The summed E-state index contributed by atoms with van der Waals surface area (Å²) < 4.78 is 0. The van der Waals surface area contributed by atoms with Crippen molar-refractivity contribution in [1.29, 1.82) is 0 Å². The van der Waals surface area contributed by atoms with Crippen molar-refractivity contribution in [3.63, 3.8) is 0 Å². The molecule has 16 heavy (non-hydrogen) atoms. The number of hydrogen-bond acceptors (Lipinski definition) is 3. The van der Waals surface area contributed by atoms with E-state index < -0.39 is 0 Å². The first-order valence-electron chi connectivity index (χ1n) is 5.89. The summed E-state index contributed by atoms with van der Waals surface area (Å²) in [4.78, 5) is 22.3. The first-order chi connectivity index (χ1) is 7.63. The van der Waals surface area contributed by atoms with Gasteiger partial charge in [0, 0.05) is 6.04 Å². The van der Waals surface area contributed by atoms with E-state index in [1.54, 1.807) is 0 Å². The normalized spacial score (nSPS) is 18.1. The van der Waals surface area contributed by atoms with Gasteiger partial charge in [-0.3, -0.25) is 9.59 Å². The van der Waals surface area contributed by atoms with Gasteiger partial charge in [-0.15, -0.1) is 0 Å². The zero-order valence-corrected chi connectivity index (χ0v) is 9.79. The standard InChI is InChI=1S/C11H21N3O2/c1-8(9-4-2-3-5-9)14-11(16)7-13-10(15)6-12/h8-9H,2-7,12H2,1H3,(H,13,15)(H,14,16)/t8-/m0/s1. The highest BCUT2D eigenvalue weighted by Gasteiger charge is 2.22. The molecule has 0 bridgehead atoms. The molecule has 1 saturated carbocycles. The second-order valence-electron chi connectivity index (χ2n) is 4.38. The van der Waals surface area contributed by atoms with Crippen LogP contribution in [0.4, 0.5) is 0 Å². The maximum absolute atomic E-state index is 11.5. The zero-order valence-electron chi connectivity index (χ0n) is 9.79. The molecule has 1 rings (SSSR count). The van der Waals surface area contributed by atoms with Gasteiger partial charge in [0.2, 0.25) is 11.8 Å². The van der Waals surface area contributed by atoms with E-state index in [1.807, 2.05) is 6.92 Å². The van der Waals surface area contributed by atoms with Crippen LogP contribution in [0.1, 0.15) is 32.6 Å².